The van der Waals surface area contributed by atoms with Gasteiger partial charge in [0.15, 0.2) is 0 Å². The summed E-state index contributed by atoms with van der Waals surface area (Å²) >= 11 is 0. The van der Waals surface area contributed by atoms with Gasteiger partial charge in [0.1, 0.15) is 0 Å². The Morgan fingerprint density at radius 2 is 2.12 bits per heavy atom. The Morgan fingerprint density at radius 3 is 2.65 bits per heavy atom. The normalized spacial score (nSPS) is 10.6. The smallest absolute Gasteiger partial charge is 0.310 e. The molecule has 1 heterocycles. The summed E-state index contributed by atoms with van der Waals surface area (Å²) in [6.07, 6.45) is -0.358. The Bertz CT molecular complexity index is 397. The Morgan fingerprint density at radius 1 is 1.47 bits per heavy atom. The molecule has 4 nitrogen and oxygen atoms in total. The van der Waals surface area contributed by atoms with Crippen LogP contribution in [0.1, 0.15) is 30.0 Å². The number of nitrogens with zero attached hydrogens (tertiary/aromatic N) is 1. The van der Waals surface area contributed by atoms with E-state index in [9.17, 15) is 13.6 Å². The van der Waals surface area contributed by atoms with E-state index in [1.165, 1.54) is 12.4 Å². The van der Waals surface area contributed by atoms with Gasteiger partial charge in [0.05, 0.1) is 13.0 Å². The van der Waals surface area contributed by atoms with E-state index in [1.807, 2.05) is 0 Å². The Labute approximate surface area is 97.8 Å². The van der Waals surface area contributed by atoms with Crippen LogP contribution in [-0.4, -0.2) is 17.6 Å². The maximum atomic E-state index is 12.9. The van der Waals surface area contributed by atoms with Crippen LogP contribution < -0.4 is 5.73 Å². The van der Waals surface area contributed by atoms with E-state index in [4.69, 9.17) is 10.5 Å². The molecular weight excluding hydrogens is 230 g/mol. The molecule has 1 aromatic heterocycles. The fourth-order valence-corrected chi connectivity index (χ4v) is 1.51. The average Bonchev–Trinajstić information content (AvgIpc) is 2.28. The SMILES string of the molecule is CCOC(=O)Cc1cncc(CN)c1C(F)F. The van der Waals surface area contributed by atoms with Gasteiger partial charge in [-0.3, -0.25) is 9.78 Å². The molecule has 1 aromatic rings. The number of hydrogen-bond donors (Lipinski definition) is 1. The van der Waals surface area contributed by atoms with Crippen LogP contribution in [0.25, 0.3) is 0 Å². The number of carbonyl (C=O) groups excluding carboxylic acids is 1. The van der Waals surface area contributed by atoms with Gasteiger partial charge in [-0.2, -0.15) is 0 Å². The zero-order valence-electron chi connectivity index (χ0n) is 9.45. The van der Waals surface area contributed by atoms with Crippen molar-refractivity contribution in [1.82, 2.24) is 4.98 Å². The number of aromatic nitrogens is 1. The number of alkyl halides is 2. The number of carbonyl (C=O) groups is 1. The van der Waals surface area contributed by atoms with Crippen LogP contribution in [-0.2, 0) is 22.5 Å². The van der Waals surface area contributed by atoms with Crippen molar-refractivity contribution >= 4 is 5.97 Å². The Hall–Kier alpha value is -1.56. The Kier molecular flexibility index (Phi) is 4.96. The third kappa shape index (κ3) is 3.45. The second kappa shape index (κ2) is 6.24. The topological polar surface area (TPSA) is 65.2 Å². The first-order chi connectivity index (χ1) is 8.10. The number of rotatable bonds is 5. The molecule has 0 bridgehead atoms. The Balaban J connectivity index is 3.02. The number of nitrogens with two attached hydrogens (primary N) is 1. The molecule has 0 aliphatic heterocycles. The van der Waals surface area contributed by atoms with E-state index in [0.717, 1.165) is 0 Å². The van der Waals surface area contributed by atoms with Gasteiger partial charge in [0, 0.05) is 24.5 Å². The summed E-state index contributed by atoms with van der Waals surface area (Å²) in [5, 5.41) is 0. The van der Waals surface area contributed by atoms with Crippen molar-refractivity contribution in [2.45, 2.75) is 26.3 Å². The lowest BCUT2D eigenvalue weighted by atomic mass is 10.0. The van der Waals surface area contributed by atoms with Crippen molar-refractivity contribution < 1.29 is 18.3 Å². The largest absolute Gasteiger partial charge is 0.466 e. The summed E-state index contributed by atoms with van der Waals surface area (Å²) in [6.45, 7) is 1.83. The summed E-state index contributed by atoms with van der Waals surface area (Å²) in [5.41, 5.74) is 5.56. The van der Waals surface area contributed by atoms with E-state index in [2.05, 4.69) is 4.98 Å². The molecule has 0 amide bonds. The summed E-state index contributed by atoms with van der Waals surface area (Å²) in [4.78, 5) is 15.1. The van der Waals surface area contributed by atoms with Crippen molar-refractivity contribution in [3.8, 4) is 0 Å². The van der Waals surface area contributed by atoms with Gasteiger partial charge in [0.2, 0.25) is 0 Å². The van der Waals surface area contributed by atoms with Crippen LogP contribution in [0.5, 0.6) is 0 Å². The highest BCUT2D eigenvalue weighted by Gasteiger charge is 2.19. The molecule has 94 valence electrons. The van der Waals surface area contributed by atoms with Crippen LogP contribution in [0.4, 0.5) is 8.78 Å². The lowest BCUT2D eigenvalue weighted by Crippen LogP contribution is -2.12. The molecule has 0 aliphatic rings. The summed E-state index contributed by atoms with van der Waals surface area (Å²) < 4.78 is 30.5. The van der Waals surface area contributed by atoms with E-state index >= 15 is 0 Å². The van der Waals surface area contributed by atoms with Crippen molar-refractivity contribution in [1.29, 1.82) is 0 Å². The van der Waals surface area contributed by atoms with Crippen molar-refractivity contribution in [2.24, 2.45) is 5.73 Å². The summed E-state index contributed by atoms with van der Waals surface area (Å²) in [5.74, 6) is -0.551. The van der Waals surface area contributed by atoms with Gasteiger partial charge in [0.25, 0.3) is 6.43 Å². The quantitative estimate of drug-likeness (QED) is 0.799. The maximum absolute atomic E-state index is 12.9. The molecule has 1 rings (SSSR count). The van der Waals surface area contributed by atoms with Gasteiger partial charge >= 0.3 is 5.97 Å². The average molecular weight is 244 g/mol. The predicted molar refractivity (Wildman–Crippen MR) is 57.4 cm³/mol. The third-order valence-corrected chi connectivity index (χ3v) is 2.23. The molecule has 0 aliphatic carbocycles. The number of halogens is 2. The van der Waals surface area contributed by atoms with Gasteiger partial charge in [-0.25, -0.2) is 8.78 Å². The first-order valence-corrected chi connectivity index (χ1v) is 5.19. The minimum Gasteiger partial charge on any atom is -0.466 e. The number of esters is 1. The van der Waals surface area contributed by atoms with Gasteiger partial charge < -0.3 is 10.5 Å². The highest BCUT2D eigenvalue weighted by molar-refractivity contribution is 5.73. The molecule has 2 N–H and O–H groups in total. The zero-order chi connectivity index (χ0) is 12.8. The summed E-state index contributed by atoms with van der Waals surface area (Å²) in [7, 11) is 0. The number of ether oxygens (including phenoxy) is 1. The molecule has 17 heavy (non-hydrogen) atoms. The molecule has 0 fully saturated rings. The van der Waals surface area contributed by atoms with Gasteiger partial charge in [-0.15, -0.1) is 0 Å². The van der Waals surface area contributed by atoms with Crippen molar-refractivity contribution in [3.05, 3.63) is 29.1 Å². The molecule has 0 atom stereocenters. The molecule has 0 spiro atoms. The molecule has 0 radical (unpaired) electrons. The monoisotopic (exact) mass is 244 g/mol. The molecule has 0 saturated carbocycles. The van der Waals surface area contributed by atoms with Crippen LogP contribution >= 0.6 is 0 Å². The zero-order valence-corrected chi connectivity index (χ0v) is 9.45. The minimum atomic E-state index is -2.68. The standard InChI is InChI=1S/C11H14F2N2O2/c1-2-17-9(16)3-7-5-15-6-8(4-14)10(7)11(12)13/h5-6,11H,2-4,14H2,1H3. The lowest BCUT2D eigenvalue weighted by molar-refractivity contribution is -0.142. The van der Waals surface area contributed by atoms with Crippen LogP contribution in [0, 0.1) is 0 Å². The molecular formula is C11H14F2N2O2. The number of hydrogen-bond acceptors (Lipinski definition) is 4. The van der Waals surface area contributed by atoms with E-state index < -0.39 is 12.4 Å². The van der Waals surface area contributed by atoms with Crippen molar-refractivity contribution in [2.75, 3.05) is 6.61 Å². The molecule has 0 unspecified atom stereocenters. The minimum absolute atomic E-state index is 0.0384. The first kappa shape index (κ1) is 13.5. The van der Waals surface area contributed by atoms with E-state index in [0.29, 0.717) is 0 Å². The van der Waals surface area contributed by atoms with Crippen LogP contribution in [0.3, 0.4) is 0 Å². The highest BCUT2D eigenvalue weighted by atomic mass is 19.3. The second-order valence-electron chi connectivity index (χ2n) is 3.36. The lowest BCUT2D eigenvalue weighted by Gasteiger charge is -2.11. The highest BCUT2D eigenvalue weighted by Crippen LogP contribution is 2.26. The number of pyridine rings is 1. The predicted octanol–water partition coefficient (Wildman–Crippen LogP) is 1.58. The fourth-order valence-electron chi connectivity index (χ4n) is 1.51. The third-order valence-electron chi connectivity index (χ3n) is 2.23. The fraction of sp³-hybridized carbons (Fsp3) is 0.455. The van der Waals surface area contributed by atoms with Crippen LogP contribution in [0.2, 0.25) is 0 Å². The van der Waals surface area contributed by atoms with E-state index in [1.54, 1.807) is 6.92 Å². The maximum Gasteiger partial charge on any atom is 0.310 e. The first-order valence-electron chi connectivity index (χ1n) is 5.19. The van der Waals surface area contributed by atoms with Gasteiger partial charge in [-0.1, -0.05) is 0 Å². The molecule has 6 heteroatoms. The second-order valence-corrected chi connectivity index (χ2v) is 3.36. The molecule has 0 aromatic carbocycles. The summed E-state index contributed by atoms with van der Waals surface area (Å²) in [6, 6.07) is 0. The van der Waals surface area contributed by atoms with Crippen LogP contribution in [0.15, 0.2) is 12.4 Å². The molecule has 0 saturated heterocycles. The van der Waals surface area contributed by atoms with Gasteiger partial charge in [-0.05, 0) is 18.1 Å². The van der Waals surface area contributed by atoms with E-state index in [-0.39, 0.29) is 36.3 Å². The van der Waals surface area contributed by atoms with Crippen molar-refractivity contribution in [3.63, 3.8) is 0 Å².